The number of halogens is 2. The number of rotatable bonds is 4. The molecule has 3 aliphatic heterocycles. The Morgan fingerprint density at radius 3 is 2.26 bits per heavy atom. The molecule has 1 N–H and O–H groups in total. The summed E-state index contributed by atoms with van der Waals surface area (Å²) in [5, 5.41) is 2.25. The molecular weight excluding hydrogens is 480 g/mol. The predicted octanol–water partition coefficient (Wildman–Crippen LogP) is 2.29. The summed E-state index contributed by atoms with van der Waals surface area (Å²) in [7, 11) is -3.79. The Balaban J connectivity index is 1.35. The van der Waals surface area contributed by atoms with E-state index in [1.807, 2.05) is 0 Å². The third kappa shape index (κ3) is 4.23. The average molecular weight is 504 g/mol. The molecule has 8 nitrogen and oxygen atoms in total. The van der Waals surface area contributed by atoms with Gasteiger partial charge in [-0.25, -0.2) is 17.2 Å². The smallest absolute Gasteiger partial charge is 0.255 e. The van der Waals surface area contributed by atoms with Gasteiger partial charge in [-0.15, -0.1) is 0 Å². The van der Waals surface area contributed by atoms with E-state index in [9.17, 15) is 31.6 Å². The van der Waals surface area contributed by atoms with Crippen LogP contribution in [0.3, 0.4) is 0 Å². The van der Waals surface area contributed by atoms with Gasteiger partial charge in [-0.3, -0.25) is 19.7 Å². The quantitative estimate of drug-likeness (QED) is 0.645. The van der Waals surface area contributed by atoms with Crippen LogP contribution in [0.15, 0.2) is 41.3 Å². The fourth-order valence-electron chi connectivity index (χ4n) is 5.18. The van der Waals surface area contributed by atoms with Crippen molar-refractivity contribution in [3.63, 3.8) is 0 Å². The monoisotopic (exact) mass is 503 g/mol. The second-order valence-corrected chi connectivity index (χ2v) is 11.0. The SMILES string of the molecule is O=C1CCC(N2Cc3c(cc(F)cc3C3CCN(S(=O)(=O)c4ccc(F)cc4)CC3)C2=O)C(=O)N1. The molecule has 1 unspecified atom stereocenters. The Hall–Kier alpha value is -3.18. The molecule has 2 aromatic rings. The van der Waals surface area contributed by atoms with Crippen molar-refractivity contribution in [3.05, 3.63) is 64.7 Å². The van der Waals surface area contributed by atoms with Gasteiger partial charge < -0.3 is 4.90 Å². The van der Waals surface area contributed by atoms with E-state index < -0.39 is 39.5 Å². The number of nitrogens with one attached hydrogen (secondary N) is 1. The summed E-state index contributed by atoms with van der Waals surface area (Å²) in [6.45, 7) is 0.519. The van der Waals surface area contributed by atoms with Crippen LogP contribution in [0, 0.1) is 11.6 Å². The zero-order chi connectivity index (χ0) is 24.9. The Kier molecular flexibility index (Phi) is 5.92. The highest BCUT2D eigenvalue weighted by atomic mass is 32.2. The number of amides is 3. The van der Waals surface area contributed by atoms with Gasteiger partial charge in [0.25, 0.3) is 5.91 Å². The van der Waals surface area contributed by atoms with E-state index in [4.69, 9.17) is 0 Å². The van der Waals surface area contributed by atoms with Gasteiger partial charge in [-0.1, -0.05) is 0 Å². The molecule has 5 rings (SSSR count). The van der Waals surface area contributed by atoms with E-state index in [1.165, 1.54) is 33.5 Å². The molecule has 2 fully saturated rings. The summed E-state index contributed by atoms with van der Waals surface area (Å²) in [5.41, 5.74) is 1.48. The van der Waals surface area contributed by atoms with Crippen LogP contribution < -0.4 is 5.32 Å². The fourth-order valence-corrected chi connectivity index (χ4v) is 6.65. The normalized spacial score (nSPS) is 21.8. The molecule has 0 spiro atoms. The molecule has 0 radical (unpaired) electrons. The van der Waals surface area contributed by atoms with E-state index in [-0.39, 0.29) is 54.8 Å². The number of carbonyl (C=O) groups is 3. The molecule has 184 valence electrons. The maximum atomic E-state index is 14.5. The zero-order valence-corrected chi connectivity index (χ0v) is 19.5. The fraction of sp³-hybridized carbons (Fsp3) is 0.375. The lowest BCUT2D eigenvalue weighted by Gasteiger charge is -2.32. The molecule has 3 aliphatic rings. The van der Waals surface area contributed by atoms with Crippen LogP contribution in [-0.4, -0.2) is 54.5 Å². The molecule has 11 heteroatoms. The van der Waals surface area contributed by atoms with Crippen molar-refractivity contribution in [2.45, 2.75) is 49.1 Å². The first-order chi connectivity index (χ1) is 16.6. The molecule has 3 amide bonds. The van der Waals surface area contributed by atoms with E-state index >= 15 is 0 Å². The minimum atomic E-state index is -3.79. The topological polar surface area (TPSA) is 104 Å². The molecule has 0 saturated carbocycles. The highest BCUT2D eigenvalue weighted by Crippen LogP contribution is 2.38. The second kappa shape index (κ2) is 8.80. The third-order valence-corrected chi connectivity index (χ3v) is 8.91. The van der Waals surface area contributed by atoms with Crippen LogP contribution in [0.2, 0.25) is 0 Å². The molecule has 0 aromatic heterocycles. The Labute approximate surface area is 200 Å². The van der Waals surface area contributed by atoms with Crippen molar-refractivity contribution in [1.82, 2.24) is 14.5 Å². The Morgan fingerprint density at radius 2 is 1.60 bits per heavy atom. The van der Waals surface area contributed by atoms with Gasteiger partial charge in [-0.2, -0.15) is 4.31 Å². The standard InChI is InChI=1S/C24H23F2N3O5S/c25-15-1-3-17(4-2-15)35(33,34)28-9-7-14(8-10-28)18-11-16(26)12-19-20(18)13-29(24(19)32)21-5-6-22(30)27-23(21)31/h1-4,11-12,14,21H,5-10,13H2,(H,27,30,31). The third-order valence-electron chi connectivity index (χ3n) is 7.00. The molecule has 2 saturated heterocycles. The van der Waals surface area contributed by atoms with Crippen LogP contribution in [-0.2, 0) is 26.2 Å². The van der Waals surface area contributed by atoms with Crippen molar-refractivity contribution in [2.75, 3.05) is 13.1 Å². The molecule has 0 bridgehead atoms. The van der Waals surface area contributed by atoms with Crippen LogP contribution >= 0.6 is 0 Å². The van der Waals surface area contributed by atoms with E-state index in [0.29, 0.717) is 24.0 Å². The molecule has 3 heterocycles. The van der Waals surface area contributed by atoms with Crippen LogP contribution in [0.1, 0.15) is 53.1 Å². The molecule has 1 atom stereocenters. The van der Waals surface area contributed by atoms with Crippen molar-refractivity contribution in [3.8, 4) is 0 Å². The van der Waals surface area contributed by atoms with Crippen LogP contribution in [0.5, 0.6) is 0 Å². The van der Waals surface area contributed by atoms with Crippen molar-refractivity contribution < 1.29 is 31.6 Å². The first kappa shape index (κ1) is 23.6. The average Bonchev–Trinajstić information content (AvgIpc) is 3.15. The van der Waals surface area contributed by atoms with Gasteiger partial charge >= 0.3 is 0 Å². The number of benzene rings is 2. The van der Waals surface area contributed by atoms with E-state index in [1.54, 1.807) is 0 Å². The highest BCUT2D eigenvalue weighted by molar-refractivity contribution is 7.89. The number of imide groups is 1. The largest absolute Gasteiger partial charge is 0.322 e. The lowest BCUT2D eigenvalue weighted by atomic mass is 9.86. The van der Waals surface area contributed by atoms with Gasteiger partial charge in [0.1, 0.15) is 17.7 Å². The molecule has 35 heavy (non-hydrogen) atoms. The first-order valence-corrected chi connectivity index (χ1v) is 12.8. The maximum Gasteiger partial charge on any atom is 0.255 e. The minimum Gasteiger partial charge on any atom is -0.322 e. The summed E-state index contributed by atoms with van der Waals surface area (Å²) in [6.07, 6.45) is 1.17. The number of hydrogen-bond donors (Lipinski definition) is 1. The lowest BCUT2D eigenvalue weighted by molar-refractivity contribution is -0.136. The number of sulfonamides is 1. The highest BCUT2D eigenvalue weighted by Gasteiger charge is 2.41. The van der Waals surface area contributed by atoms with Gasteiger partial charge in [0, 0.05) is 31.6 Å². The van der Waals surface area contributed by atoms with Gasteiger partial charge in [0.05, 0.1) is 4.90 Å². The molecular formula is C24H23F2N3O5S. The Morgan fingerprint density at radius 1 is 0.914 bits per heavy atom. The summed E-state index contributed by atoms with van der Waals surface area (Å²) >= 11 is 0. The predicted molar refractivity (Wildman–Crippen MR) is 120 cm³/mol. The van der Waals surface area contributed by atoms with Gasteiger partial charge in [0.15, 0.2) is 0 Å². The van der Waals surface area contributed by atoms with Crippen LogP contribution in [0.4, 0.5) is 8.78 Å². The summed E-state index contributed by atoms with van der Waals surface area (Å²) in [6, 6.07) is 6.40. The second-order valence-electron chi connectivity index (χ2n) is 9.05. The van der Waals surface area contributed by atoms with Crippen molar-refractivity contribution >= 4 is 27.7 Å². The number of carbonyl (C=O) groups excluding carboxylic acids is 3. The first-order valence-electron chi connectivity index (χ1n) is 11.4. The maximum absolute atomic E-state index is 14.5. The Bertz CT molecular complexity index is 1320. The number of fused-ring (bicyclic) bond motifs is 1. The van der Waals surface area contributed by atoms with Gasteiger partial charge in [0.2, 0.25) is 21.8 Å². The molecule has 2 aromatic carbocycles. The van der Waals surface area contributed by atoms with Crippen molar-refractivity contribution in [2.24, 2.45) is 0 Å². The van der Waals surface area contributed by atoms with Crippen LogP contribution in [0.25, 0.3) is 0 Å². The number of hydrogen-bond acceptors (Lipinski definition) is 5. The van der Waals surface area contributed by atoms with Gasteiger partial charge in [-0.05, 0) is 72.7 Å². The molecule has 0 aliphatic carbocycles. The lowest BCUT2D eigenvalue weighted by Crippen LogP contribution is -2.52. The number of piperidine rings is 2. The van der Waals surface area contributed by atoms with E-state index in [2.05, 4.69) is 5.32 Å². The summed E-state index contributed by atoms with van der Waals surface area (Å²) < 4.78 is 54.9. The van der Waals surface area contributed by atoms with E-state index in [0.717, 1.165) is 12.1 Å². The minimum absolute atomic E-state index is 0.00877. The summed E-state index contributed by atoms with van der Waals surface area (Å²) in [4.78, 5) is 38.3. The zero-order valence-electron chi connectivity index (χ0n) is 18.7. The van der Waals surface area contributed by atoms with Crippen molar-refractivity contribution in [1.29, 1.82) is 0 Å². The number of nitrogens with zero attached hydrogens (tertiary/aromatic N) is 2. The summed E-state index contributed by atoms with van der Waals surface area (Å²) in [5.74, 6) is -2.64.